The summed E-state index contributed by atoms with van der Waals surface area (Å²) in [6.07, 6.45) is 1.41. The molecule has 0 aliphatic carbocycles. The zero-order chi connectivity index (χ0) is 15.2. The van der Waals surface area contributed by atoms with Gasteiger partial charge in [0.15, 0.2) is 0 Å². The van der Waals surface area contributed by atoms with Crippen LogP contribution in [-0.4, -0.2) is 22.5 Å². The highest BCUT2D eigenvalue weighted by molar-refractivity contribution is 7.80. The number of rotatable bonds is 5. The van der Waals surface area contributed by atoms with Crippen LogP contribution in [0.2, 0.25) is 0 Å². The summed E-state index contributed by atoms with van der Waals surface area (Å²) in [5.41, 5.74) is 5.76. The Morgan fingerprint density at radius 1 is 1.33 bits per heavy atom. The predicted octanol–water partition coefficient (Wildman–Crippen LogP) is 1.29. The van der Waals surface area contributed by atoms with Gasteiger partial charge < -0.3 is 20.8 Å². The quantitative estimate of drug-likeness (QED) is 0.723. The molecule has 2 rings (SSSR count). The van der Waals surface area contributed by atoms with Crippen molar-refractivity contribution in [3.8, 4) is 5.75 Å². The summed E-state index contributed by atoms with van der Waals surface area (Å²) >= 11 is 4.74. The molecule has 4 N–H and O–H groups in total. The lowest BCUT2D eigenvalue weighted by Gasteiger charge is -2.11. The molecule has 0 unspecified atom stereocenters. The second-order valence-electron chi connectivity index (χ2n) is 4.15. The van der Waals surface area contributed by atoms with Crippen LogP contribution in [0.5, 0.6) is 5.75 Å². The second-order valence-corrected chi connectivity index (χ2v) is 4.67. The topological polar surface area (TPSA) is 97.2 Å². The fourth-order valence-corrected chi connectivity index (χ4v) is 1.68. The predicted molar refractivity (Wildman–Crippen MR) is 83.7 cm³/mol. The van der Waals surface area contributed by atoms with Gasteiger partial charge in [0.05, 0.1) is 5.69 Å². The number of ether oxygens (including phenoxy) is 1. The fraction of sp³-hybridized carbons (Fsp3) is 0.0714. The van der Waals surface area contributed by atoms with Crippen molar-refractivity contribution in [1.82, 2.24) is 4.98 Å². The van der Waals surface area contributed by atoms with E-state index in [0.717, 1.165) is 0 Å². The van der Waals surface area contributed by atoms with Gasteiger partial charge in [-0.2, -0.15) is 0 Å². The van der Waals surface area contributed by atoms with Crippen molar-refractivity contribution < 1.29 is 9.53 Å². The number of nitrogens with one attached hydrogen (secondary N) is 2. The van der Waals surface area contributed by atoms with Gasteiger partial charge >= 0.3 is 0 Å². The smallest absolute Gasteiger partial charge is 0.256 e. The van der Waals surface area contributed by atoms with Crippen molar-refractivity contribution in [1.29, 1.82) is 0 Å². The van der Waals surface area contributed by atoms with Gasteiger partial charge in [-0.1, -0.05) is 24.4 Å². The SMILES string of the molecule is NC(=S)COc1ccccc1NC(=O)c1cc[nH]c(=O)c1. The number of thiocarbonyl (C=S) groups is 1. The normalized spacial score (nSPS) is 9.90. The van der Waals surface area contributed by atoms with E-state index in [0.29, 0.717) is 11.4 Å². The number of hydrogen-bond acceptors (Lipinski definition) is 4. The number of amides is 1. The van der Waals surface area contributed by atoms with E-state index in [9.17, 15) is 9.59 Å². The first kappa shape index (κ1) is 14.7. The third kappa shape index (κ3) is 4.15. The van der Waals surface area contributed by atoms with Crippen molar-refractivity contribution in [3.05, 3.63) is 58.5 Å². The van der Waals surface area contributed by atoms with Crippen LogP contribution in [0.1, 0.15) is 10.4 Å². The molecule has 0 saturated heterocycles. The largest absolute Gasteiger partial charge is 0.484 e. The first-order valence-electron chi connectivity index (χ1n) is 6.06. The highest BCUT2D eigenvalue weighted by Crippen LogP contribution is 2.24. The molecular weight excluding hydrogens is 290 g/mol. The molecule has 21 heavy (non-hydrogen) atoms. The molecule has 1 heterocycles. The molecule has 1 aromatic heterocycles. The van der Waals surface area contributed by atoms with E-state index >= 15 is 0 Å². The minimum atomic E-state index is -0.410. The van der Waals surface area contributed by atoms with Gasteiger partial charge in [0, 0.05) is 17.8 Å². The summed E-state index contributed by atoms with van der Waals surface area (Å²) in [5, 5.41) is 2.68. The lowest BCUT2D eigenvalue weighted by atomic mass is 10.2. The van der Waals surface area contributed by atoms with Crippen molar-refractivity contribution in [3.63, 3.8) is 0 Å². The summed E-state index contributed by atoms with van der Waals surface area (Å²) in [7, 11) is 0. The summed E-state index contributed by atoms with van der Waals surface area (Å²) in [6.45, 7) is 0.0766. The van der Waals surface area contributed by atoms with Crippen LogP contribution in [0.4, 0.5) is 5.69 Å². The lowest BCUT2D eigenvalue weighted by Crippen LogP contribution is -2.19. The Kier molecular flexibility index (Phi) is 4.68. The fourth-order valence-electron chi connectivity index (χ4n) is 1.62. The molecular formula is C14H13N3O3S. The third-order valence-corrected chi connectivity index (χ3v) is 2.66. The number of carbonyl (C=O) groups excluding carboxylic acids is 1. The van der Waals surface area contributed by atoms with Crippen molar-refractivity contribution in [2.45, 2.75) is 0 Å². The maximum absolute atomic E-state index is 12.1. The molecule has 0 aliphatic heterocycles. The average molecular weight is 303 g/mol. The number of benzene rings is 1. The van der Waals surface area contributed by atoms with Crippen LogP contribution in [-0.2, 0) is 0 Å². The molecule has 0 aliphatic rings. The first-order chi connectivity index (χ1) is 10.1. The van der Waals surface area contributed by atoms with E-state index in [1.165, 1.54) is 18.3 Å². The Hall–Kier alpha value is -2.67. The zero-order valence-electron chi connectivity index (χ0n) is 11.0. The number of H-pyrrole nitrogens is 1. The molecule has 0 saturated carbocycles. The maximum atomic E-state index is 12.1. The Bertz CT molecular complexity index is 727. The highest BCUT2D eigenvalue weighted by atomic mass is 32.1. The Labute approximate surface area is 125 Å². The van der Waals surface area contributed by atoms with Crippen LogP contribution in [0, 0.1) is 0 Å². The molecule has 2 aromatic rings. The van der Waals surface area contributed by atoms with E-state index in [4.69, 9.17) is 22.7 Å². The van der Waals surface area contributed by atoms with Gasteiger partial charge in [-0.15, -0.1) is 0 Å². The Balaban J connectivity index is 2.17. The molecule has 1 amide bonds. The zero-order valence-corrected chi connectivity index (χ0v) is 11.8. The van der Waals surface area contributed by atoms with E-state index in [1.807, 2.05) is 0 Å². The van der Waals surface area contributed by atoms with Crippen molar-refractivity contribution in [2.75, 3.05) is 11.9 Å². The van der Waals surface area contributed by atoms with Crippen LogP contribution >= 0.6 is 12.2 Å². The van der Waals surface area contributed by atoms with Gasteiger partial charge in [-0.25, -0.2) is 0 Å². The maximum Gasteiger partial charge on any atom is 0.256 e. The molecule has 108 valence electrons. The van der Waals surface area contributed by atoms with Gasteiger partial charge in [-0.3, -0.25) is 9.59 Å². The Morgan fingerprint density at radius 2 is 2.10 bits per heavy atom. The summed E-state index contributed by atoms with van der Waals surface area (Å²) in [5.74, 6) is 0.0379. The molecule has 0 atom stereocenters. The van der Waals surface area contributed by atoms with Crippen molar-refractivity contribution >= 4 is 28.8 Å². The number of anilines is 1. The van der Waals surface area contributed by atoms with Gasteiger partial charge in [-0.05, 0) is 18.2 Å². The minimum absolute atomic E-state index is 0.0766. The standard InChI is InChI=1S/C14H13N3O3S/c15-12(21)8-20-11-4-2-1-3-10(11)17-14(19)9-5-6-16-13(18)7-9/h1-7H,8H2,(H2,15,21)(H,16,18)(H,17,19). The van der Waals surface area contributed by atoms with Crippen LogP contribution in [0.15, 0.2) is 47.4 Å². The van der Waals surface area contributed by atoms with Crippen LogP contribution in [0.25, 0.3) is 0 Å². The monoisotopic (exact) mass is 303 g/mol. The summed E-state index contributed by atoms with van der Waals surface area (Å²) < 4.78 is 5.41. The summed E-state index contributed by atoms with van der Waals surface area (Å²) in [6, 6.07) is 9.60. The number of pyridine rings is 1. The van der Waals surface area contributed by atoms with Crippen LogP contribution in [0.3, 0.4) is 0 Å². The summed E-state index contributed by atoms with van der Waals surface area (Å²) in [4.78, 5) is 25.9. The van der Waals surface area contributed by atoms with E-state index in [-0.39, 0.29) is 22.7 Å². The number of aromatic nitrogens is 1. The first-order valence-corrected chi connectivity index (χ1v) is 6.47. The Morgan fingerprint density at radius 3 is 2.81 bits per heavy atom. The number of aromatic amines is 1. The number of hydrogen-bond donors (Lipinski definition) is 3. The van der Waals surface area contributed by atoms with E-state index in [1.54, 1.807) is 24.3 Å². The average Bonchev–Trinajstić information content (AvgIpc) is 2.46. The highest BCUT2D eigenvalue weighted by Gasteiger charge is 2.10. The molecule has 0 bridgehead atoms. The molecule has 0 spiro atoms. The minimum Gasteiger partial charge on any atom is -0.484 e. The van der Waals surface area contributed by atoms with Crippen molar-refractivity contribution in [2.24, 2.45) is 5.73 Å². The molecule has 7 heteroatoms. The molecule has 0 fully saturated rings. The molecule has 1 aromatic carbocycles. The van der Waals surface area contributed by atoms with Crippen LogP contribution < -0.4 is 21.3 Å². The van der Waals surface area contributed by atoms with E-state index in [2.05, 4.69) is 10.3 Å². The van der Waals surface area contributed by atoms with E-state index < -0.39 is 5.91 Å². The number of para-hydroxylation sites is 2. The number of nitrogens with two attached hydrogens (primary N) is 1. The molecule has 0 radical (unpaired) electrons. The lowest BCUT2D eigenvalue weighted by molar-refractivity contribution is 0.102. The number of carbonyl (C=O) groups is 1. The molecule has 6 nitrogen and oxygen atoms in total. The second kappa shape index (κ2) is 6.67. The van der Waals surface area contributed by atoms with Gasteiger partial charge in [0.25, 0.3) is 5.91 Å². The van der Waals surface area contributed by atoms with Gasteiger partial charge in [0.2, 0.25) is 5.56 Å². The third-order valence-electron chi connectivity index (χ3n) is 2.54. The van der Waals surface area contributed by atoms with Gasteiger partial charge in [0.1, 0.15) is 17.3 Å².